The minimum atomic E-state index is -0.365. The topological polar surface area (TPSA) is 41.1 Å². The van der Waals surface area contributed by atoms with E-state index < -0.39 is 0 Å². The molecule has 0 aliphatic heterocycles. The first-order valence-corrected chi connectivity index (χ1v) is 10.4. The Morgan fingerprint density at radius 3 is 2.33 bits per heavy atom. The number of hydrogen-bond acceptors (Lipinski definition) is 2. The molecule has 0 radical (unpaired) electrons. The van der Waals surface area contributed by atoms with Crippen LogP contribution in [0.5, 0.6) is 0 Å². The number of aryl methyl sites for hydroxylation is 1. The van der Waals surface area contributed by atoms with Crippen molar-refractivity contribution >= 4 is 23.2 Å². The summed E-state index contributed by atoms with van der Waals surface area (Å²) in [4.78, 5) is 13.1. The third kappa shape index (κ3) is 5.82. The Bertz CT molecular complexity index is 739. The van der Waals surface area contributed by atoms with Gasteiger partial charge in [0.05, 0.1) is 0 Å². The minimum Gasteiger partial charge on any atom is -0.324 e. The van der Waals surface area contributed by atoms with Gasteiger partial charge in [-0.2, -0.15) is 0 Å². The molecule has 0 bridgehead atoms. The Kier molecular flexibility index (Phi) is 7.31. The van der Waals surface area contributed by atoms with Gasteiger partial charge >= 0.3 is 0 Å². The second kappa shape index (κ2) is 9.91. The molecule has 4 heteroatoms. The predicted octanol–water partition coefficient (Wildman–Crippen LogP) is 6.03. The van der Waals surface area contributed by atoms with Crippen LogP contribution in [-0.4, -0.2) is 11.9 Å². The number of carbonyl (C=O) groups excluding carboxylic acids is 1. The number of amides is 1. The number of halogens is 1. The molecule has 27 heavy (non-hydrogen) atoms. The van der Waals surface area contributed by atoms with E-state index in [0.29, 0.717) is 11.1 Å². The first kappa shape index (κ1) is 19.9. The van der Waals surface area contributed by atoms with Gasteiger partial charge in [0.1, 0.15) is 6.04 Å². The maximum Gasteiger partial charge on any atom is 0.246 e. The summed E-state index contributed by atoms with van der Waals surface area (Å²) in [6.07, 6.45) is 8.65. The van der Waals surface area contributed by atoms with Gasteiger partial charge in [-0.1, -0.05) is 80.1 Å². The largest absolute Gasteiger partial charge is 0.324 e. The van der Waals surface area contributed by atoms with E-state index >= 15 is 0 Å². The lowest BCUT2D eigenvalue weighted by atomic mass is 9.95. The van der Waals surface area contributed by atoms with Gasteiger partial charge in [-0.15, -0.1) is 0 Å². The summed E-state index contributed by atoms with van der Waals surface area (Å²) in [6.45, 7) is 1.96. The molecule has 0 aromatic heterocycles. The fourth-order valence-corrected chi connectivity index (χ4v) is 3.89. The Morgan fingerprint density at radius 1 is 1.00 bits per heavy atom. The van der Waals surface area contributed by atoms with Crippen LogP contribution in [0.1, 0.15) is 62.1 Å². The maximum atomic E-state index is 13.1. The minimum absolute atomic E-state index is 0.0387. The Hall–Kier alpha value is -1.84. The van der Waals surface area contributed by atoms with Crippen molar-refractivity contribution in [2.75, 3.05) is 5.32 Å². The first-order valence-electron chi connectivity index (χ1n) is 10.0. The molecule has 2 aromatic rings. The van der Waals surface area contributed by atoms with Crippen molar-refractivity contribution in [2.24, 2.45) is 0 Å². The van der Waals surface area contributed by atoms with Crippen LogP contribution in [0, 0.1) is 6.92 Å². The zero-order valence-electron chi connectivity index (χ0n) is 16.0. The third-order valence-corrected chi connectivity index (χ3v) is 5.75. The van der Waals surface area contributed by atoms with Crippen LogP contribution in [0.15, 0.2) is 48.5 Å². The smallest absolute Gasteiger partial charge is 0.246 e. The van der Waals surface area contributed by atoms with E-state index in [-0.39, 0.29) is 11.9 Å². The molecular weight excluding hydrogens is 356 g/mol. The number of carbonyl (C=O) groups is 1. The molecule has 1 atom stereocenters. The molecule has 0 saturated heterocycles. The van der Waals surface area contributed by atoms with Gasteiger partial charge in [-0.25, -0.2) is 0 Å². The van der Waals surface area contributed by atoms with Gasteiger partial charge in [0.2, 0.25) is 5.91 Å². The van der Waals surface area contributed by atoms with Crippen LogP contribution in [0.4, 0.5) is 5.69 Å². The molecular formula is C23H29ClN2O. The van der Waals surface area contributed by atoms with Gasteiger partial charge in [-0.05, 0) is 43.0 Å². The summed E-state index contributed by atoms with van der Waals surface area (Å²) in [5, 5.41) is 7.35. The molecule has 3 nitrogen and oxygen atoms in total. The quantitative estimate of drug-likeness (QED) is 0.660. The highest BCUT2D eigenvalue weighted by Crippen LogP contribution is 2.24. The van der Waals surface area contributed by atoms with E-state index in [1.165, 1.54) is 32.1 Å². The van der Waals surface area contributed by atoms with Crippen LogP contribution < -0.4 is 10.6 Å². The summed E-state index contributed by atoms with van der Waals surface area (Å²) >= 11 is 6.22. The molecule has 2 N–H and O–H groups in total. The van der Waals surface area contributed by atoms with Crippen LogP contribution >= 0.6 is 11.6 Å². The SMILES string of the molecule is Cc1ccc(NC(=O)[C@@H](NC2CCCCCCC2)c2ccccc2)cc1Cl. The molecule has 1 saturated carbocycles. The van der Waals surface area contributed by atoms with Crippen molar-refractivity contribution in [1.29, 1.82) is 0 Å². The average molecular weight is 385 g/mol. The predicted molar refractivity (Wildman–Crippen MR) is 113 cm³/mol. The second-order valence-electron chi connectivity index (χ2n) is 7.51. The van der Waals surface area contributed by atoms with Gasteiger partial charge in [0.25, 0.3) is 0 Å². The summed E-state index contributed by atoms with van der Waals surface area (Å²) in [6, 6.07) is 15.6. The van der Waals surface area contributed by atoms with Crippen molar-refractivity contribution in [1.82, 2.24) is 5.32 Å². The van der Waals surface area contributed by atoms with Gasteiger partial charge < -0.3 is 5.32 Å². The van der Waals surface area contributed by atoms with Crippen molar-refractivity contribution in [2.45, 2.75) is 64.0 Å². The summed E-state index contributed by atoms with van der Waals surface area (Å²) in [7, 11) is 0. The Labute approximate surface area is 167 Å². The third-order valence-electron chi connectivity index (χ3n) is 5.34. The van der Waals surface area contributed by atoms with Gasteiger partial charge in [0, 0.05) is 16.8 Å². The van der Waals surface area contributed by atoms with Crippen LogP contribution in [0.2, 0.25) is 5.02 Å². The highest BCUT2D eigenvalue weighted by atomic mass is 35.5. The maximum absolute atomic E-state index is 13.1. The fourth-order valence-electron chi connectivity index (χ4n) is 3.71. The summed E-state index contributed by atoms with van der Waals surface area (Å²) in [5.41, 5.74) is 2.73. The van der Waals surface area contributed by atoms with Crippen LogP contribution in [0.3, 0.4) is 0 Å². The fraction of sp³-hybridized carbons (Fsp3) is 0.435. The first-order chi connectivity index (χ1) is 13.1. The molecule has 1 fully saturated rings. The zero-order chi connectivity index (χ0) is 19.1. The molecule has 3 rings (SSSR count). The van der Waals surface area contributed by atoms with E-state index in [1.54, 1.807) is 0 Å². The van der Waals surface area contributed by atoms with Crippen molar-refractivity contribution < 1.29 is 4.79 Å². The highest BCUT2D eigenvalue weighted by molar-refractivity contribution is 6.31. The van der Waals surface area contributed by atoms with Gasteiger partial charge in [0.15, 0.2) is 0 Å². The van der Waals surface area contributed by atoms with E-state index in [1.807, 2.05) is 55.5 Å². The van der Waals surface area contributed by atoms with Gasteiger partial charge in [-0.3, -0.25) is 10.1 Å². The zero-order valence-corrected chi connectivity index (χ0v) is 16.8. The van der Waals surface area contributed by atoms with E-state index in [4.69, 9.17) is 11.6 Å². The van der Waals surface area contributed by atoms with Crippen molar-refractivity contribution in [3.63, 3.8) is 0 Å². The Morgan fingerprint density at radius 2 is 1.67 bits per heavy atom. The second-order valence-corrected chi connectivity index (χ2v) is 7.91. The highest BCUT2D eigenvalue weighted by Gasteiger charge is 2.24. The van der Waals surface area contributed by atoms with E-state index in [2.05, 4.69) is 10.6 Å². The Balaban J connectivity index is 1.76. The standard InChI is InChI=1S/C23H29ClN2O/c1-17-14-15-20(16-21(17)24)26-23(27)22(18-10-6-5-7-11-18)25-19-12-8-3-2-4-9-13-19/h5-7,10-11,14-16,19,22,25H,2-4,8-9,12-13H2,1H3,(H,26,27)/t22-/m0/s1. The lowest BCUT2D eigenvalue weighted by molar-refractivity contribution is -0.118. The molecule has 1 aliphatic rings. The molecule has 0 spiro atoms. The lowest BCUT2D eigenvalue weighted by Crippen LogP contribution is -2.40. The number of rotatable bonds is 5. The number of hydrogen-bond donors (Lipinski definition) is 2. The molecule has 0 unspecified atom stereocenters. The summed E-state index contributed by atoms with van der Waals surface area (Å²) in [5.74, 6) is -0.0387. The van der Waals surface area contributed by atoms with Crippen molar-refractivity contribution in [3.8, 4) is 0 Å². The summed E-state index contributed by atoms with van der Waals surface area (Å²) < 4.78 is 0. The monoisotopic (exact) mass is 384 g/mol. The number of benzene rings is 2. The molecule has 0 heterocycles. The average Bonchev–Trinajstić information content (AvgIpc) is 2.64. The normalized spacial score (nSPS) is 17.0. The van der Waals surface area contributed by atoms with E-state index in [9.17, 15) is 4.79 Å². The molecule has 1 amide bonds. The molecule has 1 aliphatic carbocycles. The molecule has 144 valence electrons. The number of nitrogens with one attached hydrogen (secondary N) is 2. The van der Waals surface area contributed by atoms with Crippen LogP contribution in [-0.2, 0) is 4.79 Å². The van der Waals surface area contributed by atoms with E-state index in [0.717, 1.165) is 29.7 Å². The van der Waals surface area contributed by atoms with Crippen molar-refractivity contribution in [3.05, 3.63) is 64.7 Å². The molecule has 2 aromatic carbocycles. The number of anilines is 1. The lowest BCUT2D eigenvalue weighted by Gasteiger charge is -2.27. The van der Waals surface area contributed by atoms with Crippen LogP contribution in [0.25, 0.3) is 0 Å².